The molecule has 2 aliphatic rings. The number of hydrogen-bond donors (Lipinski definition) is 0. The fourth-order valence-electron chi connectivity index (χ4n) is 10.0. The molecule has 0 atom stereocenters. The van der Waals surface area contributed by atoms with Crippen molar-refractivity contribution in [2.24, 2.45) is 0 Å². The molecular formula is C56H53NO. The minimum Gasteiger partial charge on any atom is -0.455 e. The van der Waals surface area contributed by atoms with E-state index in [1.807, 2.05) is 0 Å². The maximum atomic E-state index is 6.80. The lowest BCUT2D eigenvalue weighted by atomic mass is 9.79. The SMILES string of the molecule is CC(C)(C)c1ccc2c(c1)C(C)(C)c1cc(N(c3ccc(-c4cccc5c4oc4c(C(C)(C)C)cccc45)cc3)c3ccc4c(c3)C(C)(C)c3ccccc3-4)ccc1-2. The number of rotatable bonds is 4. The topological polar surface area (TPSA) is 16.4 Å². The number of para-hydroxylation sites is 2. The molecule has 1 aromatic heterocycles. The first-order chi connectivity index (χ1) is 27.5. The van der Waals surface area contributed by atoms with Gasteiger partial charge in [-0.25, -0.2) is 0 Å². The van der Waals surface area contributed by atoms with Gasteiger partial charge in [-0.15, -0.1) is 0 Å². The smallest absolute Gasteiger partial charge is 0.143 e. The van der Waals surface area contributed by atoms with Crippen LogP contribution in [0.4, 0.5) is 17.1 Å². The second-order valence-electron chi connectivity index (χ2n) is 19.9. The molecule has 0 spiro atoms. The molecule has 0 N–H and O–H groups in total. The van der Waals surface area contributed by atoms with E-state index in [4.69, 9.17) is 4.42 Å². The molecule has 2 nitrogen and oxygen atoms in total. The third kappa shape index (κ3) is 5.37. The van der Waals surface area contributed by atoms with Crippen LogP contribution in [0.15, 0.2) is 144 Å². The Balaban J connectivity index is 1.12. The number of furan rings is 1. The van der Waals surface area contributed by atoms with E-state index in [9.17, 15) is 0 Å². The number of fused-ring (bicyclic) bond motifs is 9. The van der Waals surface area contributed by atoms with Gasteiger partial charge in [-0.1, -0.05) is 172 Å². The lowest BCUT2D eigenvalue weighted by Gasteiger charge is -2.30. The number of hydrogen-bond acceptors (Lipinski definition) is 2. The largest absolute Gasteiger partial charge is 0.455 e. The summed E-state index contributed by atoms with van der Waals surface area (Å²) in [7, 11) is 0. The van der Waals surface area contributed by atoms with Gasteiger partial charge in [0.25, 0.3) is 0 Å². The number of anilines is 3. The van der Waals surface area contributed by atoms with Gasteiger partial charge in [-0.05, 0) is 103 Å². The zero-order valence-corrected chi connectivity index (χ0v) is 35.6. The van der Waals surface area contributed by atoms with Crippen LogP contribution < -0.4 is 4.90 Å². The zero-order chi connectivity index (χ0) is 40.5. The molecule has 58 heavy (non-hydrogen) atoms. The Labute approximate surface area is 344 Å². The van der Waals surface area contributed by atoms with E-state index in [-0.39, 0.29) is 21.7 Å². The molecule has 2 aliphatic carbocycles. The molecule has 0 radical (unpaired) electrons. The third-order valence-electron chi connectivity index (χ3n) is 13.4. The highest BCUT2D eigenvalue weighted by Gasteiger charge is 2.38. The van der Waals surface area contributed by atoms with E-state index in [1.54, 1.807) is 0 Å². The first-order valence-electron chi connectivity index (χ1n) is 20.9. The maximum Gasteiger partial charge on any atom is 0.143 e. The normalized spacial score (nSPS) is 15.0. The highest BCUT2D eigenvalue weighted by Crippen LogP contribution is 2.54. The van der Waals surface area contributed by atoms with Crippen LogP contribution in [0.5, 0.6) is 0 Å². The molecule has 8 aromatic rings. The Hall–Kier alpha value is -5.86. The van der Waals surface area contributed by atoms with Gasteiger partial charge in [0, 0.05) is 49.8 Å². The lowest BCUT2D eigenvalue weighted by Crippen LogP contribution is -2.19. The van der Waals surface area contributed by atoms with Gasteiger partial charge >= 0.3 is 0 Å². The minimum atomic E-state index is -0.142. The van der Waals surface area contributed by atoms with Crippen molar-refractivity contribution < 1.29 is 4.42 Å². The van der Waals surface area contributed by atoms with Crippen molar-refractivity contribution in [2.75, 3.05) is 4.90 Å². The van der Waals surface area contributed by atoms with Crippen LogP contribution in [0.1, 0.15) is 103 Å². The summed E-state index contributed by atoms with van der Waals surface area (Å²) < 4.78 is 6.80. The van der Waals surface area contributed by atoms with Crippen molar-refractivity contribution in [2.45, 2.75) is 90.9 Å². The first-order valence-corrected chi connectivity index (χ1v) is 20.9. The fourth-order valence-corrected chi connectivity index (χ4v) is 10.0. The predicted octanol–water partition coefficient (Wildman–Crippen LogP) is 15.9. The van der Waals surface area contributed by atoms with Crippen LogP contribution in [0, 0.1) is 0 Å². The predicted molar refractivity (Wildman–Crippen MR) is 246 cm³/mol. The van der Waals surface area contributed by atoms with Crippen molar-refractivity contribution in [3.05, 3.63) is 173 Å². The average molecular weight is 756 g/mol. The number of benzene rings is 7. The molecule has 7 aromatic carbocycles. The summed E-state index contributed by atoms with van der Waals surface area (Å²) >= 11 is 0. The molecule has 0 aliphatic heterocycles. The Kier molecular flexibility index (Phi) is 7.75. The molecular weight excluding hydrogens is 703 g/mol. The third-order valence-corrected chi connectivity index (χ3v) is 13.4. The van der Waals surface area contributed by atoms with Crippen LogP contribution in [0.25, 0.3) is 55.3 Å². The van der Waals surface area contributed by atoms with Gasteiger partial charge in [0.15, 0.2) is 0 Å². The summed E-state index contributed by atoms with van der Waals surface area (Å²) in [5, 5.41) is 2.33. The van der Waals surface area contributed by atoms with Crippen LogP contribution >= 0.6 is 0 Å². The Morgan fingerprint density at radius 2 is 0.914 bits per heavy atom. The Morgan fingerprint density at radius 1 is 0.414 bits per heavy atom. The second kappa shape index (κ2) is 12.3. The molecule has 0 amide bonds. The van der Waals surface area contributed by atoms with Crippen LogP contribution in [0.3, 0.4) is 0 Å². The molecule has 2 heteroatoms. The Bertz CT molecular complexity index is 2960. The fraction of sp³-hybridized carbons (Fsp3) is 0.250. The maximum absolute atomic E-state index is 6.80. The molecule has 0 unspecified atom stereocenters. The van der Waals surface area contributed by atoms with Crippen molar-refractivity contribution >= 4 is 39.0 Å². The van der Waals surface area contributed by atoms with E-state index in [0.717, 1.165) is 44.7 Å². The van der Waals surface area contributed by atoms with E-state index in [2.05, 4.69) is 214 Å². The van der Waals surface area contributed by atoms with Crippen LogP contribution in [0.2, 0.25) is 0 Å². The quantitative estimate of drug-likeness (QED) is 0.178. The first kappa shape index (κ1) is 36.5. The zero-order valence-electron chi connectivity index (χ0n) is 35.6. The van der Waals surface area contributed by atoms with E-state index < -0.39 is 0 Å². The summed E-state index contributed by atoms with van der Waals surface area (Å²) in [6.45, 7) is 23.2. The molecule has 0 saturated carbocycles. The molecule has 10 rings (SSSR count). The van der Waals surface area contributed by atoms with Gasteiger partial charge in [0.1, 0.15) is 11.2 Å². The van der Waals surface area contributed by atoms with Crippen molar-refractivity contribution in [1.29, 1.82) is 0 Å². The second-order valence-corrected chi connectivity index (χ2v) is 19.9. The van der Waals surface area contributed by atoms with E-state index >= 15 is 0 Å². The monoisotopic (exact) mass is 755 g/mol. The molecule has 0 fully saturated rings. The highest BCUT2D eigenvalue weighted by molar-refractivity contribution is 6.10. The average Bonchev–Trinajstić information content (AvgIpc) is 3.77. The van der Waals surface area contributed by atoms with Crippen molar-refractivity contribution in [3.63, 3.8) is 0 Å². The van der Waals surface area contributed by atoms with Crippen molar-refractivity contribution in [1.82, 2.24) is 0 Å². The van der Waals surface area contributed by atoms with Crippen LogP contribution in [-0.4, -0.2) is 0 Å². The highest BCUT2D eigenvalue weighted by atomic mass is 16.3. The standard InChI is InChI=1S/C56H53NO/c1-53(2,3)35-23-28-41-43-30-27-38(33-50(43)56(9,10)48(41)31-35)57(37-26-29-42-40-15-11-12-19-46(40)55(7,8)49(42)32-37)36-24-21-34(22-25-36)39-16-13-17-44-45-18-14-20-47(54(4,5)6)52(45)58-51(39)44/h11-33H,1-10H3. The number of nitrogens with zero attached hydrogens (tertiary/aromatic N) is 1. The van der Waals surface area contributed by atoms with Gasteiger partial charge in [0.2, 0.25) is 0 Å². The van der Waals surface area contributed by atoms with Gasteiger partial charge in [-0.2, -0.15) is 0 Å². The van der Waals surface area contributed by atoms with Crippen molar-refractivity contribution in [3.8, 4) is 33.4 Å². The Morgan fingerprint density at radius 3 is 1.53 bits per heavy atom. The lowest BCUT2D eigenvalue weighted by molar-refractivity contribution is 0.573. The molecule has 288 valence electrons. The van der Waals surface area contributed by atoms with E-state index in [0.29, 0.717) is 0 Å². The van der Waals surface area contributed by atoms with E-state index in [1.165, 1.54) is 61.0 Å². The summed E-state index contributed by atoms with van der Waals surface area (Å²) in [6, 6.07) is 52.5. The molecule has 0 bridgehead atoms. The summed E-state index contributed by atoms with van der Waals surface area (Å²) in [6.07, 6.45) is 0. The van der Waals surface area contributed by atoms with Crippen LogP contribution in [-0.2, 0) is 21.7 Å². The minimum absolute atomic E-state index is 0.0286. The summed E-state index contributed by atoms with van der Waals surface area (Å²) in [5.41, 5.74) is 20.9. The van der Waals surface area contributed by atoms with Gasteiger partial charge in [0.05, 0.1) is 0 Å². The molecule has 1 heterocycles. The molecule has 0 saturated heterocycles. The van der Waals surface area contributed by atoms with Gasteiger partial charge in [-0.3, -0.25) is 0 Å². The van der Waals surface area contributed by atoms with Gasteiger partial charge < -0.3 is 9.32 Å². The summed E-state index contributed by atoms with van der Waals surface area (Å²) in [5.74, 6) is 0. The summed E-state index contributed by atoms with van der Waals surface area (Å²) in [4.78, 5) is 2.46.